The molecule has 0 amide bonds. The first-order valence-electron chi connectivity index (χ1n) is 7.94. The van der Waals surface area contributed by atoms with Gasteiger partial charge in [-0.2, -0.15) is 0 Å². The summed E-state index contributed by atoms with van der Waals surface area (Å²) in [6.07, 6.45) is 4.61. The van der Waals surface area contributed by atoms with Crippen molar-refractivity contribution in [2.24, 2.45) is 0 Å². The smallest absolute Gasteiger partial charge is 0.189 e. The van der Waals surface area contributed by atoms with Crippen LogP contribution < -0.4 is 0 Å². The van der Waals surface area contributed by atoms with Crippen molar-refractivity contribution in [1.82, 2.24) is 0 Å². The van der Waals surface area contributed by atoms with E-state index in [1.807, 2.05) is 7.11 Å². The molecule has 3 unspecified atom stereocenters. The van der Waals surface area contributed by atoms with Gasteiger partial charge >= 0.3 is 0 Å². The van der Waals surface area contributed by atoms with E-state index in [-0.39, 0.29) is 6.61 Å². The lowest BCUT2D eigenvalue weighted by atomic mass is 10.2. The van der Waals surface area contributed by atoms with Gasteiger partial charge in [-0.1, -0.05) is 32.6 Å². The van der Waals surface area contributed by atoms with Gasteiger partial charge in [-0.15, -0.1) is 0 Å². The highest BCUT2D eigenvalue weighted by atomic mass is 28.4. The topological polar surface area (TPSA) is 58.9 Å². The van der Waals surface area contributed by atoms with Crippen LogP contribution in [-0.4, -0.2) is 51.1 Å². The zero-order chi connectivity index (χ0) is 15.4. The quantitative estimate of drug-likeness (QED) is 0.406. The van der Waals surface area contributed by atoms with E-state index >= 15 is 0 Å². The third kappa shape index (κ3) is 9.88. The van der Waals surface area contributed by atoms with E-state index in [0.29, 0.717) is 6.61 Å². The molecule has 0 heterocycles. The molecular weight excluding hydrogens is 272 g/mol. The summed E-state index contributed by atoms with van der Waals surface area (Å²) in [6.45, 7) is 6.93. The number of unbranched alkanes of at least 4 members (excludes halogenated alkanes) is 3. The van der Waals surface area contributed by atoms with Crippen LogP contribution in [0.5, 0.6) is 0 Å². The molecule has 0 saturated carbocycles. The number of rotatable bonds is 13. The Balaban J connectivity index is 3.71. The van der Waals surface area contributed by atoms with E-state index in [2.05, 4.69) is 13.5 Å². The highest BCUT2D eigenvalue weighted by molar-refractivity contribution is 6.72. The Bertz CT molecular complexity index is 226. The van der Waals surface area contributed by atoms with Crippen molar-refractivity contribution in [3.05, 3.63) is 0 Å². The number of ether oxygens (including phenoxy) is 1. The molecule has 20 heavy (non-hydrogen) atoms. The van der Waals surface area contributed by atoms with Crippen molar-refractivity contribution in [1.29, 1.82) is 0 Å². The predicted octanol–water partition coefficient (Wildman–Crippen LogP) is 2.94. The maximum atomic E-state index is 9.41. The highest BCUT2D eigenvalue weighted by Gasteiger charge is 2.26. The van der Waals surface area contributed by atoms with E-state index < -0.39 is 20.5 Å². The zero-order valence-corrected chi connectivity index (χ0v) is 14.7. The molecule has 0 rings (SSSR count). The standard InChI is InChI=1S/C15H34O4Si/c1-5-6-7-8-11-20(4,18-3)12-9-10-19-13-15(17)14(2)16/h14-17H,5-13H2,1-4H3. The molecule has 0 aliphatic carbocycles. The average molecular weight is 307 g/mol. The second kappa shape index (κ2) is 11.7. The zero-order valence-electron chi connectivity index (χ0n) is 13.7. The van der Waals surface area contributed by atoms with Gasteiger partial charge < -0.3 is 19.4 Å². The van der Waals surface area contributed by atoms with Crippen molar-refractivity contribution < 1.29 is 19.4 Å². The molecule has 0 saturated heterocycles. The van der Waals surface area contributed by atoms with Gasteiger partial charge in [0.15, 0.2) is 8.32 Å². The van der Waals surface area contributed by atoms with Crippen molar-refractivity contribution in [3.63, 3.8) is 0 Å². The fourth-order valence-electron chi connectivity index (χ4n) is 2.15. The lowest BCUT2D eigenvalue weighted by Crippen LogP contribution is -2.33. The second-order valence-corrected chi connectivity index (χ2v) is 10.3. The highest BCUT2D eigenvalue weighted by Crippen LogP contribution is 2.22. The van der Waals surface area contributed by atoms with Crippen LogP contribution in [0.2, 0.25) is 18.6 Å². The molecule has 122 valence electrons. The molecule has 0 aromatic carbocycles. The predicted molar refractivity (Wildman–Crippen MR) is 85.5 cm³/mol. The van der Waals surface area contributed by atoms with Gasteiger partial charge in [-0.25, -0.2) is 0 Å². The maximum Gasteiger partial charge on any atom is 0.189 e. The van der Waals surface area contributed by atoms with Gasteiger partial charge in [0.1, 0.15) is 6.10 Å². The molecule has 0 aromatic heterocycles. The van der Waals surface area contributed by atoms with Crippen LogP contribution >= 0.6 is 0 Å². The van der Waals surface area contributed by atoms with Gasteiger partial charge in [0.25, 0.3) is 0 Å². The first kappa shape index (κ1) is 20.1. The monoisotopic (exact) mass is 306 g/mol. The van der Waals surface area contributed by atoms with Crippen molar-refractivity contribution in [2.45, 2.75) is 76.8 Å². The average Bonchev–Trinajstić information content (AvgIpc) is 2.43. The number of hydrogen-bond acceptors (Lipinski definition) is 4. The van der Waals surface area contributed by atoms with E-state index in [4.69, 9.17) is 14.3 Å². The molecule has 2 N–H and O–H groups in total. The van der Waals surface area contributed by atoms with Crippen molar-refractivity contribution in [2.75, 3.05) is 20.3 Å². The second-order valence-electron chi connectivity index (χ2n) is 5.95. The Morgan fingerprint density at radius 2 is 1.70 bits per heavy atom. The largest absolute Gasteiger partial charge is 0.420 e. The van der Waals surface area contributed by atoms with E-state index in [9.17, 15) is 5.11 Å². The van der Waals surface area contributed by atoms with Crippen LogP contribution in [0.15, 0.2) is 0 Å². The summed E-state index contributed by atoms with van der Waals surface area (Å²) in [5, 5.41) is 18.5. The molecule has 0 aromatic rings. The summed E-state index contributed by atoms with van der Waals surface area (Å²) in [5.74, 6) is 0. The molecule has 5 heteroatoms. The molecule has 0 radical (unpaired) electrons. The fourth-order valence-corrected chi connectivity index (χ4v) is 4.69. The third-order valence-corrected chi connectivity index (χ3v) is 7.70. The van der Waals surface area contributed by atoms with E-state index in [0.717, 1.165) is 12.5 Å². The SMILES string of the molecule is CCCCCC[Si](C)(CCCOCC(O)C(C)O)OC. The summed E-state index contributed by atoms with van der Waals surface area (Å²) < 4.78 is 11.2. The number of hydrogen-bond donors (Lipinski definition) is 2. The Labute approximate surface area is 125 Å². The number of aliphatic hydroxyl groups is 2. The molecular formula is C15H34O4Si. The van der Waals surface area contributed by atoms with E-state index in [1.54, 1.807) is 6.92 Å². The third-order valence-electron chi connectivity index (χ3n) is 3.89. The van der Waals surface area contributed by atoms with E-state index in [1.165, 1.54) is 31.7 Å². The summed E-state index contributed by atoms with van der Waals surface area (Å²) in [5.41, 5.74) is 0. The van der Waals surface area contributed by atoms with Crippen LogP contribution in [0.4, 0.5) is 0 Å². The van der Waals surface area contributed by atoms with Crippen molar-refractivity contribution >= 4 is 8.32 Å². The van der Waals surface area contributed by atoms with Gasteiger partial charge in [0, 0.05) is 13.7 Å². The van der Waals surface area contributed by atoms with Crippen LogP contribution in [-0.2, 0) is 9.16 Å². The van der Waals surface area contributed by atoms with Crippen LogP contribution in [0.25, 0.3) is 0 Å². The van der Waals surface area contributed by atoms with Crippen molar-refractivity contribution in [3.8, 4) is 0 Å². The molecule has 0 aliphatic heterocycles. The van der Waals surface area contributed by atoms with Crippen LogP contribution in [0.3, 0.4) is 0 Å². The van der Waals surface area contributed by atoms with Gasteiger partial charge in [-0.05, 0) is 32.0 Å². The molecule has 0 spiro atoms. The Hall–Kier alpha value is 0.0569. The summed E-state index contributed by atoms with van der Waals surface area (Å²) >= 11 is 0. The summed E-state index contributed by atoms with van der Waals surface area (Å²) in [7, 11) is 0.273. The first-order chi connectivity index (χ1) is 9.45. The Kier molecular flexibility index (Phi) is 11.7. The summed E-state index contributed by atoms with van der Waals surface area (Å²) in [6, 6.07) is 2.32. The minimum Gasteiger partial charge on any atom is -0.420 e. The van der Waals surface area contributed by atoms with Gasteiger partial charge in [0.05, 0.1) is 12.7 Å². The number of aliphatic hydroxyl groups excluding tert-OH is 2. The Morgan fingerprint density at radius 1 is 1.05 bits per heavy atom. The van der Waals surface area contributed by atoms with Crippen LogP contribution in [0, 0.1) is 0 Å². The summed E-state index contributed by atoms with van der Waals surface area (Å²) in [4.78, 5) is 0. The normalized spacial score (nSPS) is 17.7. The molecule has 4 nitrogen and oxygen atoms in total. The lowest BCUT2D eigenvalue weighted by molar-refractivity contribution is -0.0302. The molecule has 0 fully saturated rings. The maximum absolute atomic E-state index is 9.41. The molecule has 0 bridgehead atoms. The Morgan fingerprint density at radius 3 is 2.25 bits per heavy atom. The van der Waals surface area contributed by atoms with Gasteiger partial charge in [0.2, 0.25) is 0 Å². The molecule has 3 atom stereocenters. The first-order valence-corrected chi connectivity index (χ1v) is 10.8. The lowest BCUT2D eigenvalue weighted by Gasteiger charge is -2.25. The molecule has 0 aliphatic rings. The minimum atomic E-state index is -1.56. The minimum absolute atomic E-state index is 0.208. The fraction of sp³-hybridized carbons (Fsp3) is 1.00. The van der Waals surface area contributed by atoms with Gasteiger partial charge in [-0.3, -0.25) is 0 Å². The van der Waals surface area contributed by atoms with Crippen LogP contribution in [0.1, 0.15) is 46.0 Å².